The Bertz CT molecular complexity index is 1220. The number of unbranched alkanes of at least 4 members (excludes halogenated alkanes) is 22. The van der Waals surface area contributed by atoms with Gasteiger partial charge in [-0.05, 0) is 59.0 Å². The molecule has 0 aliphatic heterocycles. The summed E-state index contributed by atoms with van der Waals surface area (Å²) in [5, 5.41) is 0. The topological polar surface area (TPSA) is 172 Å². The summed E-state index contributed by atoms with van der Waals surface area (Å²) in [7, 11) is 5.27. The molecule has 15 nitrogen and oxygen atoms in total. The molecule has 0 aromatic heterocycles. The third kappa shape index (κ3) is 47.2. The van der Waals surface area contributed by atoms with E-state index in [4.69, 9.17) is 37.9 Å². The number of carbonyl (C=O) groups is 5. The molecule has 0 fully saturated rings. The van der Waals surface area contributed by atoms with Gasteiger partial charge in [0.15, 0.2) is 6.29 Å². The maximum atomic E-state index is 13.1. The minimum Gasteiger partial charge on any atom is -0.469 e. The zero-order chi connectivity index (χ0) is 51.6. The Kier molecular flexibility index (Phi) is 48.5. The van der Waals surface area contributed by atoms with Gasteiger partial charge >= 0.3 is 30.2 Å². The zero-order valence-electron chi connectivity index (χ0n) is 45.4. The SMILES string of the molecule is CCCCCCCCCCCC[C@H](CCOC(=O)OC[C@H](COC(=O)CCCCCCC(=O)OC)COC(=O)CCC(OCCCCCCCC)OCCCCCCCC)OC(=O)OCCCN(C)C. The van der Waals surface area contributed by atoms with Gasteiger partial charge in [0.2, 0.25) is 0 Å². The molecule has 2 atom stereocenters. The van der Waals surface area contributed by atoms with Crippen LogP contribution in [-0.2, 0) is 57.0 Å². The number of carbonyl (C=O) groups excluding carboxylic acids is 5. The lowest BCUT2D eigenvalue weighted by molar-refractivity contribution is -0.161. The average molecular weight is 1000 g/mol. The van der Waals surface area contributed by atoms with Gasteiger partial charge in [0.1, 0.15) is 25.9 Å². The van der Waals surface area contributed by atoms with Crippen molar-refractivity contribution in [1.82, 2.24) is 4.90 Å². The van der Waals surface area contributed by atoms with E-state index in [1.807, 2.05) is 19.0 Å². The number of esters is 3. The highest BCUT2D eigenvalue weighted by Crippen LogP contribution is 2.17. The summed E-state index contributed by atoms with van der Waals surface area (Å²) in [6, 6.07) is 0. The summed E-state index contributed by atoms with van der Waals surface area (Å²) in [5.74, 6) is -1.80. The Morgan fingerprint density at radius 1 is 0.400 bits per heavy atom. The lowest BCUT2D eigenvalue weighted by Gasteiger charge is -2.20. The Morgan fingerprint density at radius 3 is 1.36 bits per heavy atom. The largest absolute Gasteiger partial charge is 0.508 e. The number of nitrogens with zero attached hydrogens (tertiary/aromatic N) is 1. The van der Waals surface area contributed by atoms with Gasteiger partial charge in [0.05, 0.1) is 32.7 Å². The Labute approximate surface area is 425 Å². The first-order valence-electron chi connectivity index (χ1n) is 27.9. The van der Waals surface area contributed by atoms with Gasteiger partial charge in [-0.3, -0.25) is 14.4 Å². The van der Waals surface area contributed by atoms with E-state index in [1.54, 1.807) is 0 Å². The fourth-order valence-electron chi connectivity index (χ4n) is 7.68. The number of ether oxygens (including phenoxy) is 9. The molecular formula is C55H103NO14. The van der Waals surface area contributed by atoms with E-state index >= 15 is 0 Å². The predicted octanol–water partition coefficient (Wildman–Crippen LogP) is 13.4. The van der Waals surface area contributed by atoms with Gasteiger partial charge in [-0.25, -0.2) is 9.59 Å². The van der Waals surface area contributed by atoms with Crippen molar-refractivity contribution in [2.45, 2.75) is 245 Å². The summed E-state index contributed by atoms with van der Waals surface area (Å²) < 4.78 is 49.9. The van der Waals surface area contributed by atoms with Crippen LogP contribution in [0.5, 0.6) is 0 Å². The molecule has 70 heavy (non-hydrogen) atoms. The highest BCUT2D eigenvalue weighted by molar-refractivity contribution is 5.70. The molecule has 0 saturated carbocycles. The molecule has 0 unspecified atom stereocenters. The number of hydrogen-bond donors (Lipinski definition) is 0. The summed E-state index contributed by atoms with van der Waals surface area (Å²) >= 11 is 0. The fraction of sp³-hybridized carbons (Fsp3) is 0.909. The second kappa shape index (κ2) is 50.8. The first-order valence-corrected chi connectivity index (χ1v) is 27.9. The van der Waals surface area contributed by atoms with Crippen molar-refractivity contribution in [2.75, 3.05) is 74.0 Å². The molecule has 0 aromatic rings. The molecular weight excluding hydrogens is 899 g/mol. The van der Waals surface area contributed by atoms with Crippen LogP contribution in [0, 0.1) is 5.92 Å². The first-order chi connectivity index (χ1) is 34.0. The van der Waals surface area contributed by atoms with E-state index in [1.165, 1.54) is 103 Å². The Balaban J connectivity index is 5.35. The minimum absolute atomic E-state index is 0.0491. The summed E-state index contributed by atoms with van der Waals surface area (Å²) in [4.78, 5) is 64.6. The zero-order valence-corrected chi connectivity index (χ0v) is 45.4. The van der Waals surface area contributed by atoms with E-state index in [2.05, 4.69) is 25.5 Å². The maximum absolute atomic E-state index is 13.1. The van der Waals surface area contributed by atoms with Crippen LogP contribution >= 0.6 is 0 Å². The van der Waals surface area contributed by atoms with Crippen molar-refractivity contribution in [3.63, 3.8) is 0 Å². The highest BCUT2D eigenvalue weighted by Gasteiger charge is 2.21. The van der Waals surface area contributed by atoms with Crippen molar-refractivity contribution >= 4 is 30.2 Å². The molecule has 0 aliphatic rings. The van der Waals surface area contributed by atoms with Gasteiger partial charge in [0, 0.05) is 45.4 Å². The molecule has 0 spiro atoms. The van der Waals surface area contributed by atoms with Gasteiger partial charge in [-0.2, -0.15) is 0 Å². The van der Waals surface area contributed by atoms with Gasteiger partial charge in [-0.15, -0.1) is 0 Å². The quantitative estimate of drug-likeness (QED) is 0.0244. The molecule has 0 bridgehead atoms. The summed E-state index contributed by atoms with van der Waals surface area (Å²) in [6.07, 6.45) is 28.1. The monoisotopic (exact) mass is 1000 g/mol. The van der Waals surface area contributed by atoms with Crippen molar-refractivity contribution in [1.29, 1.82) is 0 Å². The van der Waals surface area contributed by atoms with Gasteiger partial charge < -0.3 is 47.5 Å². The van der Waals surface area contributed by atoms with Crippen molar-refractivity contribution in [3.05, 3.63) is 0 Å². The predicted molar refractivity (Wildman–Crippen MR) is 275 cm³/mol. The molecule has 0 N–H and O–H groups in total. The molecule has 0 heterocycles. The van der Waals surface area contributed by atoms with Crippen LogP contribution in [0.1, 0.15) is 233 Å². The third-order valence-corrected chi connectivity index (χ3v) is 12.1. The smallest absolute Gasteiger partial charge is 0.469 e. The lowest BCUT2D eigenvalue weighted by Crippen LogP contribution is -2.27. The molecule has 0 aromatic carbocycles. The van der Waals surface area contributed by atoms with Crippen LogP contribution in [0.4, 0.5) is 9.59 Å². The molecule has 0 saturated heterocycles. The first kappa shape index (κ1) is 66.8. The summed E-state index contributed by atoms with van der Waals surface area (Å²) in [6.45, 7) is 8.22. The Hall–Kier alpha value is -3.17. The standard InChI is InChI=1S/C55H103NO14/c1-7-10-13-16-19-20-21-22-23-28-34-49(70-55(61)65-43-33-40-56(4)5)39-44-66-54(60)69-47-48(45-67-51(58)36-30-25-24-29-35-50(57)62-6)46-68-52(59)37-38-53(63-41-31-26-17-14-11-8-2)64-42-32-27-18-15-12-9-3/h48-49,53H,7-47H2,1-6H3/t48-,49-/m1/s1. The second-order valence-corrected chi connectivity index (χ2v) is 19.1. The number of methoxy groups -OCH3 is 1. The normalized spacial score (nSPS) is 12.2. The third-order valence-electron chi connectivity index (χ3n) is 12.1. The molecule has 0 rings (SSSR count). The maximum Gasteiger partial charge on any atom is 0.508 e. The molecule has 15 heteroatoms. The van der Waals surface area contributed by atoms with Crippen molar-refractivity contribution in [2.24, 2.45) is 5.92 Å². The van der Waals surface area contributed by atoms with E-state index in [-0.39, 0.29) is 58.3 Å². The van der Waals surface area contributed by atoms with Crippen molar-refractivity contribution in [3.8, 4) is 0 Å². The fourth-order valence-corrected chi connectivity index (χ4v) is 7.68. The molecule has 0 amide bonds. The number of hydrogen-bond acceptors (Lipinski definition) is 15. The molecule has 412 valence electrons. The van der Waals surface area contributed by atoms with E-state index in [0.29, 0.717) is 51.7 Å². The van der Waals surface area contributed by atoms with E-state index in [9.17, 15) is 24.0 Å². The van der Waals surface area contributed by atoms with Crippen LogP contribution in [0.15, 0.2) is 0 Å². The van der Waals surface area contributed by atoms with Crippen LogP contribution in [-0.4, -0.2) is 122 Å². The second-order valence-electron chi connectivity index (χ2n) is 19.1. The number of rotatable bonds is 51. The molecule has 0 radical (unpaired) electrons. The van der Waals surface area contributed by atoms with Crippen LogP contribution in [0.25, 0.3) is 0 Å². The van der Waals surface area contributed by atoms with Crippen molar-refractivity contribution < 1.29 is 66.6 Å². The van der Waals surface area contributed by atoms with Gasteiger partial charge in [0.25, 0.3) is 0 Å². The highest BCUT2D eigenvalue weighted by atomic mass is 16.7. The minimum atomic E-state index is -0.938. The molecule has 0 aliphatic carbocycles. The summed E-state index contributed by atoms with van der Waals surface area (Å²) in [5.41, 5.74) is 0. The van der Waals surface area contributed by atoms with Gasteiger partial charge in [-0.1, -0.05) is 156 Å². The van der Waals surface area contributed by atoms with Crippen LogP contribution in [0.2, 0.25) is 0 Å². The van der Waals surface area contributed by atoms with E-state index < -0.39 is 42.6 Å². The van der Waals surface area contributed by atoms with Crippen LogP contribution in [0.3, 0.4) is 0 Å². The van der Waals surface area contributed by atoms with E-state index in [0.717, 1.165) is 64.3 Å². The Morgan fingerprint density at radius 2 is 0.843 bits per heavy atom. The van der Waals surface area contributed by atoms with Crippen LogP contribution < -0.4 is 0 Å². The average Bonchev–Trinajstić information content (AvgIpc) is 3.34. The lowest BCUT2D eigenvalue weighted by atomic mass is 10.0.